The Kier molecular flexibility index (Phi) is 5.37. The van der Waals surface area contributed by atoms with Crippen LogP contribution in [0, 0.1) is 18.3 Å². The standard InChI is InChI=1S/C24H21N3O2/c1-17-6-8-18(9-7-17)14-27-23(15-29-16-24(27)28)20-10-11-22(26-13-20)21-5-3-2-4-19(21)12-25/h2-11,13,23H,14-16H2,1H3. The van der Waals surface area contributed by atoms with Crippen molar-refractivity contribution in [3.05, 3.63) is 89.1 Å². The molecule has 1 fully saturated rings. The van der Waals surface area contributed by atoms with Crippen LogP contribution in [0.5, 0.6) is 0 Å². The first-order valence-electron chi connectivity index (χ1n) is 9.54. The Bertz CT molecular complexity index is 1050. The van der Waals surface area contributed by atoms with Gasteiger partial charge >= 0.3 is 0 Å². The third-order valence-corrected chi connectivity index (χ3v) is 5.17. The number of nitriles is 1. The van der Waals surface area contributed by atoms with E-state index in [1.807, 2.05) is 42.2 Å². The molecule has 1 saturated heterocycles. The first-order chi connectivity index (χ1) is 14.2. The SMILES string of the molecule is Cc1ccc(CN2C(=O)COCC2c2ccc(-c3ccccc3C#N)nc2)cc1. The normalized spacial score (nSPS) is 16.5. The van der Waals surface area contributed by atoms with Crippen LogP contribution < -0.4 is 0 Å². The summed E-state index contributed by atoms with van der Waals surface area (Å²) in [5.74, 6) is -0.0271. The van der Waals surface area contributed by atoms with E-state index in [1.54, 1.807) is 12.3 Å². The number of carbonyl (C=O) groups is 1. The number of pyridine rings is 1. The molecule has 2 heterocycles. The molecule has 0 spiro atoms. The number of ether oxygens (including phenoxy) is 1. The second-order valence-corrected chi connectivity index (χ2v) is 7.17. The van der Waals surface area contributed by atoms with E-state index in [0.717, 1.165) is 22.4 Å². The minimum absolute atomic E-state index is 0.0271. The second-order valence-electron chi connectivity index (χ2n) is 7.17. The largest absolute Gasteiger partial charge is 0.369 e. The summed E-state index contributed by atoms with van der Waals surface area (Å²) < 4.78 is 5.53. The number of hydrogen-bond acceptors (Lipinski definition) is 4. The predicted molar refractivity (Wildman–Crippen MR) is 110 cm³/mol. The summed E-state index contributed by atoms with van der Waals surface area (Å²) in [5.41, 5.74) is 5.32. The van der Waals surface area contributed by atoms with Gasteiger partial charge in [-0.2, -0.15) is 5.26 Å². The first-order valence-corrected chi connectivity index (χ1v) is 9.54. The van der Waals surface area contributed by atoms with Crippen LogP contribution in [0.4, 0.5) is 0 Å². The average molecular weight is 383 g/mol. The van der Waals surface area contributed by atoms with Crippen LogP contribution in [-0.2, 0) is 16.1 Å². The number of nitrogens with zero attached hydrogens (tertiary/aromatic N) is 3. The molecular formula is C24H21N3O2. The molecule has 5 nitrogen and oxygen atoms in total. The maximum Gasteiger partial charge on any atom is 0.249 e. The van der Waals surface area contributed by atoms with Gasteiger partial charge in [0.1, 0.15) is 6.61 Å². The van der Waals surface area contributed by atoms with Gasteiger partial charge in [-0.3, -0.25) is 9.78 Å². The third-order valence-electron chi connectivity index (χ3n) is 5.17. The number of morpholine rings is 1. The number of carbonyl (C=O) groups excluding carboxylic acids is 1. The van der Waals surface area contributed by atoms with Gasteiger partial charge in [0, 0.05) is 18.3 Å². The molecule has 1 aliphatic rings. The lowest BCUT2D eigenvalue weighted by molar-refractivity contribution is -0.149. The van der Waals surface area contributed by atoms with Gasteiger partial charge in [-0.15, -0.1) is 0 Å². The molecule has 1 aliphatic heterocycles. The monoisotopic (exact) mass is 383 g/mol. The zero-order chi connectivity index (χ0) is 20.2. The van der Waals surface area contributed by atoms with Crippen molar-refractivity contribution >= 4 is 5.91 Å². The Balaban J connectivity index is 1.60. The third kappa shape index (κ3) is 4.03. The summed E-state index contributed by atoms with van der Waals surface area (Å²) in [5, 5.41) is 9.32. The molecule has 0 N–H and O–H groups in total. The minimum Gasteiger partial charge on any atom is -0.369 e. The van der Waals surface area contributed by atoms with E-state index in [9.17, 15) is 10.1 Å². The van der Waals surface area contributed by atoms with Crippen LogP contribution in [-0.4, -0.2) is 29.0 Å². The van der Waals surface area contributed by atoms with Crippen molar-refractivity contribution in [1.29, 1.82) is 5.26 Å². The van der Waals surface area contributed by atoms with E-state index >= 15 is 0 Å². The fraction of sp³-hybridized carbons (Fsp3) is 0.208. The van der Waals surface area contributed by atoms with E-state index in [0.29, 0.717) is 18.7 Å². The highest BCUT2D eigenvalue weighted by atomic mass is 16.5. The lowest BCUT2D eigenvalue weighted by Gasteiger charge is -2.35. The number of aromatic nitrogens is 1. The highest BCUT2D eigenvalue weighted by molar-refractivity contribution is 5.78. The summed E-state index contributed by atoms with van der Waals surface area (Å²) in [6, 6.07) is 21.5. The maximum absolute atomic E-state index is 12.6. The fourth-order valence-corrected chi connectivity index (χ4v) is 3.53. The lowest BCUT2D eigenvalue weighted by atomic mass is 10.0. The van der Waals surface area contributed by atoms with Crippen molar-refractivity contribution in [2.24, 2.45) is 0 Å². The molecule has 144 valence electrons. The Morgan fingerprint density at radius 2 is 1.93 bits per heavy atom. The fourth-order valence-electron chi connectivity index (χ4n) is 3.53. The number of rotatable bonds is 4. The Morgan fingerprint density at radius 1 is 1.14 bits per heavy atom. The molecule has 1 atom stereocenters. The van der Waals surface area contributed by atoms with Crippen molar-refractivity contribution in [3.63, 3.8) is 0 Å². The molecule has 0 radical (unpaired) electrons. The number of aryl methyl sites for hydroxylation is 1. The van der Waals surface area contributed by atoms with Gasteiger partial charge in [-0.25, -0.2) is 0 Å². The quantitative estimate of drug-likeness (QED) is 0.682. The van der Waals surface area contributed by atoms with E-state index in [1.165, 1.54) is 5.56 Å². The Morgan fingerprint density at radius 3 is 2.66 bits per heavy atom. The smallest absolute Gasteiger partial charge is 0.249 e. The second kappa shape index (κ2) is 8.26. The van der Waals surface area contributed by atoms with E-state index < -0.39 is 0 Å². The van der Waals surface area contributed by atoms with Crippen LogP contribution in [0.2, 0.25) is 0 Å². The van der Waals surface area contributed by atoms with Gasteiger partial charge in [0.15, 0.2) is 0 Å². The topological polar surface area (TPSA) is 66.2 Å². The maximum atomic E-state index is 12.6. The predicted octanol–water partition coefficient (Wildman–Crippen LogP) is 4.03. The lowest BCUT2D eigenvalue weighted by Crippen LogP contribution is -2.43. The highest BCUT2D eigenvalue weighted by Gasteiger charge is 2.30. The summed E-state index contributed by atoms with van der Waals surface area (Å²) in [4.78, 5) is 19.0. The van der Waals surface area contributed by atoms with Gasteiger partial charge in [-0.1, -0.05) is 54.1 Å². The van der Waals surface area contributed by atoms with Crippen LogP contribution in [0.1, 0.15) is 28.3 Å². The van der Waals surface area contributed by atoms with Crippen molar-refractivity contribution in [3.8, 4) is 17.3 Å². The molecule has 5 heteroatoms. The molecule has 2 aromatic carbocycles. The summed E-state index contributed by atoms with van der Waals surface area (Å²) in [6.45, 7) is 3.12. The molecule has 0 aliphatic carbocycles. The van der Waals surface area contributed by atoms with Gasteiger partial charge in [0.05, 0.1) is 30.0 Å². The summed E-state index contributed by atoms with van der Waals surface area (Å²) in [7, 11) is 0. The van der Waals surface area contributed by atoms with Crippen molar-refractivity contribution in [2.45, 2.75) is 19.5 Å². The highest BCUT2D eigenvalue weighted by Crippen LogP contribution is 2.28. The van der Waals surface area contributed by atoms with E-state index in [2.05, 4.69) is 35.3 Å². The van der Waals surface area contributed by atoms with Gasteiger partial charge in [0.2, 0.25) is 5.91 Å². The molecule has 3 aromatic rings. The van der Waals surface area contributed by atoms with Crippen molar-refractivity contribution in [2.75, 3.05) is 13.2 Å². The van der Waals surface area contributed by atoms with Crippen LogP contribution in [0.15, 0.2) is 66.9 Å². The first kappa shape index (κ1) is 18.9. The van der Waals surface area contributed by atoms with Gasteiger partial charge in [0.25, 0.3) is 0 Å². The van der Waals surface area contributed by atoms with E-state index in [-0.39, 0.29) is 18.6 Å². The number of benzene rings is 2. The number of amides is 1. The molecule has 29 heavy (non-hydrogen) atoms. The van der Waals surface area contributed by atoms with E-state index in [4.69, 9.17) is 4.74 Å². The summed E-state index contributed by atoms with van der Waals surface area (Å²) in [6.07, 6.45) is 1.78. The molecule has 0 bridgehead atoms. The van der Waals surface area contributed by atoms with Crippen molar-refractivity contribution in [1.82, 2.24) is 9.88 Å². The molecule has 1 amide bonds. The molecule has 1 unspecified atom stereocenters. The van der Waals surface area contributed by atoms with Crippen LogP contribution in [0.25, 0.3) is 11.3 Å². The van der Waals surface area contributed by atoms with Crippen molar-refractivity contribution < 1.29 is 9.53 Å². The molecule has 4 rings (SSSR count). The average Bonchev–Trinajstić information content (AvgIpc) is 2.77. The van der Waals surface area contributed by atoms with Gasteiger partial charge < -0.3 is 9.64 Å². The zero-order valence-electron chi connectivity index (χ0n) is 16.2. The molecule has 0 saturated carbocycles. The molecule has 1 aromatic heterocycles. The van der Waals surface area contributed by atoms with Gasteiger partial charge in [-0.05, 0) is 30.2 Å². The Labute approximate surface area is 170 Å². The minimum atomic E-state index is -0.190. The zero-order valence-corrected chi connectivity index (χ0v) is 16.2. The van der Waals surface area contributed by atoms with Crippen LogP contribution >= 0.6 is 0 Å². The molecular weight excluding hydrogens is 362 g/mol. The Hall–Kier alpha value is -3.49. The number of hydrogen-bond donors (Lipinski definition) is 0. The summed E-state index contributed by atoms with van der Waals surface area (Å²) >= 11 is 0. The van der Waals surface area contributed by atoms with Crippen LogP contribution in [0.3, 0.4) is 0 Å².